The Morgan fingerprint density at radius 2 is 2.19 bits per heavy atom. The first kappa shape index (κ1) is 11.2. The fourth-order valence-electron chi connectivity index (χ4n) is 1.45. The van der Waals surface area contributed by atoms with Crippen LogP contribution in [0.1, 0.15) is 12.0 Å². The van der Waals surface area contributed by atoms with Gasteiger partial charge in [-0.15, -0.1) is 0 Å². The van der Waals surface area contributed by atoms with Crippen LogP contribution < -0.4 is 0 Å². The van der Waals surface area contributed by atoms with Gasteiger partial charge in [-0.3, -0.25) is 0 Å². The highest BCUT2D eigenvalue weighted by molar-refractivity contribution is 9.10. The van der Waals surface area contributed by atoms with Gasteiger partial charge in [0, 0.05) is 10.0 Å². The van der Waals surface area contributed by atoms with Crippen molar-refractivity contribution in [3.05, 3.63) is 34.3 Å². The zero-order valence-corrected chi connectivity index (χ0v) is 10.4. The molecule has 0 aromatic heterocycles. The quantitative estimate of drug-likeness (QED) is 0.617. The number of methoxy groups -OCH3 is 1. The van der Waals surface area contributed by atoms with E-state index in [0.29, 0.717) is 5.90 Å². The third kappa shape index (κ3) is 2.42. The number of rotatable bonds is 2. The number of benzene rings is 1. The van der Waals surface area contributed by atoms with Gasteiger partial charge >= 0.3 is 0 Å². The van der Waals surface area contributed by atoms with Crippen LogP contribution in [-0.2, 0) is 4.74 Å². The highest BCUT2D eigenvalue weighted by Crippen LogP contribution is 2.33. The number of hydrogen-bond acceptors (Lipinski definition) is 3. The van der Waals surface area contributed by atoms with E-state index in [1.54, 1.807) is 7.11 Å². The highest BCUT2D eigenvalue weighted by atomic mass is 79.9. The minimum absolute atomic E-state index is 0.0700. The van der Waals surface area contributed by atoms with Gasteiger partial charge in [-0.05, 0) is 30.7 Å². The Kier molecular flexibility index (Phi) is 3.25. The standard InChI is InChI=1S/C12H11BrN2O/c1-16-12(15-11-6-9(11)7-14)8-2-4-10(13)5-3-8/h2-5,9,11H,6H2,1H3. The van der Waals surface area contributed by atoms with Gasteiger partial charge in [-0.1, -0.05) is 15.9 Å². The van der Waals surface area contributed by atoms with Gasteiger partial charge < -0.3 is 4.74 Å². The summed E-state index contributed by atoms with van der Waals surface area (Å²) < 4.78 is 6.27. The maximum absolute atomic E-state index is 8.70. The molecule has 0 heterocycles. The second-order valence-electron chi connectivity index (χ2n) is 3.68. The summed E-state index contributed by atoms with van der Waals surface area (Å²) in [6, 6.07) is 10.1. The number of ether oxygens (including phenoxy) is 1. The van der Waals surface area contributed by atoms with Crippen LogP contribution in [0.2, 0.25) is 0 Å². The third-order valence-electron chi connectivity index (χ3n) is 2.49. The molecule has 1 aliphatic rings. The molecule has 0 amide bonds. The van der Waals surface area contributed by atoms with Crippen LogP contribution in [0.25, 0.3) is 0 Å². The van der Waals surface area contributed by atoms with Crippen LogP contribution in [0.4, 0.5) is 0 Å². The van der Waals surface area contributed by atoms with Crippen molar-refractivity contribution < 1.29 is 4.74 Å². The Morgan fingerprint density at radius 3 is 2.69 bits per heavy atom. The largest absolute Gasteiger partial charge is 0.481 e. The number of nitriles is 1. The van der Waals surface area contributed by atoms with E-state index in [1.807, 2.05) is 24.3 Å². The van der Waals surface area contributed by atoms with Gasteiger partial charge in [-0.2, -0.15) is 5.26 Å². The molecule has 1 aliphatic carbocycles. The zero-order valence-electron chi connectivity index (χ0n) is 8.85. The van der Waals surface area contributed by atoms with Crippen LogP contribution in [0.5, 0.6) is 0 Å². The Balaban J connectivity index is 2.17. The van der Waals surface area contributed by atoms with Gasteiger partial charge in [0.1, 0.15) is 0 Å². The Bertz CT molecular complexity index is 447. The number of nitrogens with zero attached hydrogens (tertiary/aromatic N) is 2. The van der Waals surface area contributed by atoms with E-state index in [0.717, 1.165) is 16.5 Å². The molecule has 0 bridgehead atoms. The molecule has 4 heteroatoms. The molecule has 2 atom stereocenters. The summed E-state index contributed by atoms with van der Waals surface area (Å²) in [5, 5.41) is 8.70. The van der Waals surface area contributed by atoms with Crippen molar-refractivity contribution in [1.82, 2.24) is 0 Å². The van der Waals surface area contributed by atoms with Crippen molar-refractivity contribution in [2.24, 2.45) is 10.9 Å². The van der Waals surface area contributed by atoms with Crippen LogP contribution in [0.15, 0.2) is 33.7 Å². The molecule has 0 N–H and O–H groups in total. The summed E-state index contributed by atoms with van der Waals surface area (Å²) in [6.07, 6.45) is 0.847. The Morgan fingerprint density at radius 1 is 1.50 bits per heavy atom. The summed E-state index contributed by atoms with van der Waals surface area (Å²) in [5.41, 5.74) is 0.939. The van der Waals surface area contributed by atoms with Crippen molar-refractivity contribution >= 4 is 21.8 Å². The molecule has 2 rings (SSSR count). The molecule has 82 valence electrons. The summed E-state index contributed by atoms with van der Waals surface area (Å²) >= 11 is 3.38. The van der Waals surface area contributed by atoms with E-state index in [2.05, 4.69) is 27.0 Å². The monoisotopic (exact) mass is 278 g/mol. The van der Waals surface area contributed by atoms with Gasteiger partial charge in [-0.25, -0.2) is 4.99 Å². The van der Waals surface area contributed by atoms with E-state index in [-0.39, 0.29) is 12.0 Å². The molecule has 0 aliphatic heterocycles. The second-order valence-corrected chi connectivity index (χ2v) is 4.60. The van der Waals surface area contributed by atoms with Crippen molar-refractivity contribution in [3.8, 4) is 6.07 Å². The molecular weight excluding hydrogens is 268 g/mol. The molecule has 2 unspecified atom stereocenters. The van der Waals surface area contributed by atoms with Crippen molar-refractivity contribution in [2.45, 2.75) is 12.5 Å². The third-order valence-corrected chi connectivity index (χ3v) is 3.02. The first-order valence-electron chi connectivity index (χ1n) is 5.02. The summed E-state index contributed by atoms with van der Waals surface area (Å²) in [7, 11) is 1.60. The van der Waals surface area contributed by atoms with Crippen LogP contribution in [0.3, 0.4) is 0 Å². The predicted molar refractivity (Wildman–Crippen MR) is 65.2 cm³/mol. The van der Waals surface area contributed by atoms with Crippen molar-refractivity contribution in [3.63, 3.8) is 0 Å². The lowest BCUT2D eigenvalue weighted by Crippen LogP contribution is -2.05. The van der Waals surface area contributed by atoms with Crippen LogP contribution in [0, 0.1) is 17.2 Å². The molecule has 3 nitrogen and oxygen atoms in total. The molecule has 1 saturated carbocycles. The summed E-state index contributed by atoms with van der Waals surface area (Å²) in [4.78, 5) is 4.42. The summed E-state index contributed by atoms with van der Waals surface area (Å²) in [6.45, 7) is 0. The molecule has 0 saturated heterocycles. The fraction of sp³-hybridized carbons (Fsp3) is 0.333. The number of hydrogen-bond donors (Lipinski definition) is 0. The first-order chi connectivity index (χ1) is 7.74. The smallest absolute Gasteiger partial charge is 0.216 e. The van der Waals surface area contributed by atoms with E-state index in [1.165, 1.54) is 0 Å². The molecule has 1 fully saturated rings. The van der Waals surface area contributed by atoms with Gasteiger partial charge in [0.2, 0.25) is 5.90 Å². The number of aliphatic imine (C=N–C) groups is 1. The average molecular weight is 279 g/mol. The molecule has 0 radical (unpaired) electrons. The topological polar surface area (TPSA) is 45.4 Å². The van der Waals surface area contributed by atoms with Crippen LogP contribution >= 0.6 is 15.9 Å². The minimum atomic E-state index is 0.0700. The maximum atomic E-state index is 8.70. The van der Waals surface area contributed by atoms with Gasteiger partial charge in [0.25, 0.3) is 0 Å². The van der Waals surface area contributed by atoms with Gasteiger partial charge in [0.05, 0.1) is 25.1 Å². The lowest BCUT2D eigenvalue weighted by molar-refractivity contribution is 0.402. The van der Waals surface area contributed by atoms with Crippen LogP contribution in [-0.4, -0.2) is 19.0 Å². The van der Waals surface area contributed by atoms with Crippen molar-refractivity contribution in [2.75, 3.05) is 7.11 Å². The SMILES string of the molecule is COC(=NC1CC1C#N)c1ccc(Br)cc1. The molecular formula is C12H11BrN2O. The predicted octanol–water partition coefficient (Wildman–Crippen LogP) is 2.75. The van der Waals surface area contributed by atoms with E-state index in [9.17, 15) is 0 Å². The first-order valence-corrected chi connectivity index (χ1v) is 5.81. The van der Waals surface area contributed by atoms with E-state index >= 15 is 0 Å². The van der Waals surface area contributed by atoms with E-state index in [4.69, 9.17) is 10.00 Å². The normalized spacial score (nSPS) is 23.7. The molecule has 16 heavy (non-hydrogen) atoms. The molecule has 0 spiro atoms. The molecule has 1 aromatic rings. The molecule has 1 aromatic carbocycles. The lowest BCUT2D eigenvalue weighted by Gasteiger charge is -2.04. The highest BCUT2D eigenvalue weighted by Gasteiger charge is 2.37. The zero-order chi connectivity index (χ0) is 11.5. The minimum Gasteiger partial charge on any atom is -0.481 e. The maximum Gasteiger partial charge on any atom is 0.216 e. The van der Waals surface area contributed by atoms with E-state index < -0.39 is 0 Å². The Labute approximate surface area is 103 Å². The second kappa shape index (κ2) is 4.67. The fourth-order valence-corrected chi connectivity index (χ4v) is 1.72. The lowest BCUT2D eigenvalue weighted by atomic mass is 10.2. The summed E-state index contributed by atoms with van der Waals surface area (Å²) in [5.74, 6) is 0.677. The van der Waals surface area contributed by atoms with Gasteiger partial charge in [0.15, 0.2) is 0 Å². The van der Waals surface area contributed by atoms with Crippen molar-refractivity contribution in [1.29, 1.82) is 5.26 Å². The average Bonchev–Trinajstić information content (AvgIpc) is 3.06. The number of halogens is 1. The Hall–Kier alpha value is -1.34.